The van der Waals surface area contributed by atoms with Crippen molar-refractivity contribution in [3.8, 4) is 0 Å². The molecule has 0 bridgehead atoms. The van der Waals surface area contributed by atoms with Gasteiger partial charge in [0.25, 0.3) is 0 Å². The fourth-order valence-corrected chi connectivity index (χ4v) is 1.98. The summed E-state index contributed by atoms with van der Waals surface area (Å²) in [5.41, 5.74) is 6.47. The Kier molecular flexibility index (Phi) is 2.63. The highest BCUT2D eigenvalue weighted by molar-refractivity contribution is 5.73. The molecular weight excluding hydrogens is 178 g/mol. The van der Waals surface area contributed by atoms with Crippen molar-refractivity contribution in [1.82, 2.24) is 9.78 Å². The van der Waals surface area contributed by atoms with Crippen LogP contribution in [0.1, 0.15) is 42.1 Å². The first-order valence-electron chi connectivity index (χ1n) is 5.04. The number of carbonyl (C=O) groups excluding carboxylic acids is 1. The van der Waals surface area contributed by atoms with Crippen molar-refractivity contribution in [2.75, 3.05) is 0 Å². The minimum Gasteiger partial charge on any atom is -0.328 e. The van der Waals surface area contributed by atoms with Crippen molar-refractivity contribution in [2.24, 2.45) is 5.73 Å². The van der Waals surface area contributed by atoms with Crippen LogP contribution in [0.15, 0.2) is 12.4 Å². The second-order valence-corrected chi connectivity index (χ2v) is 3.94. The van der Waals surface area contributed by atoms with Crippen LogP contribution < -0.4 is 5.73 Å². The van der Waals surface area contributed by atoms with E-state index in [0.29, 0.717) is 17.6 Å². The van der Waals surface area contributed by atoms with Gasteiger partial charge in [-0.15, -0.1) is 0 Å². The third-order valence-electron chi connectivity index (χ3n) is 2.87. The van der Waals surface area contributed by atoms with Gasteiger partial charge in [-0.25, -0.2) is 0 Å². The number of aldehydes is 1. The quantitative estimate of drug-likeness (QED) is 0.716. The van der Waals surface area contributed by atoms with Crippen LogP contribution in [-0.4, -0.2) is 22.1 Å². The summed E-state index contributed by atoms with van der Waals surface area (Å²) in [6, 6.07) is 0.788. The van der Waals surface area contributed by atoms with Gasteiger partial charge in [-0.3, -0.25) is 9.48 Å². The number of hydrogen-bond donors (Lipinski definition) is 1. The summed E-state index contributed by atoms with van der Waals surface area (Å²) in [6.45, 7) is 0. The summed E-state index contributed by atoms with van der Waals surface area (Å²) in [6.07, 6.45) is 8.51. The first-order chi connectivity index (χ1) is 6.79. The molecule has 1 aliphatic carbocycles. The van der Waals surface area contributed by atoms with Crippen molar-refractivity contribution >= 4 is 6.29 Å². The largest absolute Gasteiger partial charge is 0.328 e. The summed E-state index contributed by atoms with van der Waals surface area (Å²) >= 11 is 0. The molecule has 1 aromatic heterocycles. The van der Waals surface area contributed by atoms with E-state index in [-0.39, 0.29) is 0 Å². The molecule has 4 nitrogen and oxygen atoms in total. The molecule has 0 spiro atoms. The third-order valence-corrected chi connectivity index (χ3v) is 2.87. The molecule has 0 aliphatic heterocycles. The lowest BCUT2D eigenvalue weighted by Gasteiger charge is -2.26. The van der Waals surface area contributed by atoms with E-state index >= 15 is 0 Å². The van der Waals surface area contributed by atoms with Gasteiger partial charge >= 0.3 is 0 Å². The van der Waals surface area contributed by atoms with E-state index in [2.05, 4.69) is 5.10 Å². The highest BCUT2D eigenvalue weighted by atomic mass is 16.1. The van der Waals surface area contributed by atoms with Gasteiger partial charge in [0, 0.05) is 12.2 Å². The normalized spacial score (nSPS) is 27.5. The molecule has 0 aromatic carbocycles. The molecule has 14 heavy (non-hydrogen) atoms. The van der Waals surface area contributed by atoms with E-state index in [1.165, 1.54) is 0 Å². The van der Waals surface area contributed by atoms with E-state index in [0.717, 1.165) is 32.0 Å². The lowest BCUT2D eigenvalue weighted by Crippen LogP contribution is -2.27. The molecule has 1 fully saturated rings. The Balaban J connectivity index is 2.04. The summed E-state index contributed by atoms with van der Waals surface area (Å²) in [5, 5.41) is 4.18. The van der Waals surface area contributed by atoms with Gasteiger partial charge in [0.05, 0.1) is 17.8 Å². The lowest BCUT2D eigenvalue weighted by molar-refractivity contribution is 0.112. The molecule has 76 valence electrons. The van der Waals surface area contributed by atoms with Crippen molar-refractivity contribution < 1.29 is 4.79 Å². The van der Waals surface area contributed by atoms with Crippen LogP contribution in [0.4, 0.5) is 0 Å². The Labute approximate surface area is 83.1 Å². The molecule has 1 heterocycles. The molecule has 2 rings (SSSR count). The minimum absolute atomic E-state index is 0.354. The number of aromatic nitrogens is 2. The van der Waals surface area contributed by atoms with Crippen molar-refractivity contribution in [3.63, 3.8) is 0 Å². The Bertz CT molecular complexity index is 313. The van der Waals surface area contributed by atoms with E-state index < -0.39 is 0 Å². The molecule has 1 aliphatic rings. The topological polar surface area (TPSA) is 60.9 Å². The molecule has 0 radical (unpaired) electrons. The van der Waals surface area contributed by atoms with E-state index in [4.69, 9.17) is 5.73 Å². The van der Waals surface area contributed by atoms with Crippen LogP contribution in [0.3, 0.4) is 0 Å². The monoisotopic (exact) mass is 193 g/mol. The standard InChI is InChI=1S/C10H15N3O/c11-9-1-3-10(4-2-9)13-6-8(7-14)5-12-13/h5-7,9-10H,1-4,11H2. The number of hydrogen-bond acceptors (Lipinski definition) is 3. The molecule has 2 N–H and O–H groups in total. The van der Waals surface area contributed by atoms with Crippen molar-refractivity contribution in [1.29, 1.82) is 0 Å². The zero-order valence-electron chi connectivity index (χ0n) is 8.10. The van der Waals surface area contributed by atoms with Gasteiger partial charge in [0.2, 0.25) is 0 Å². The minimum atomic E-state index is 0.354. The zero-order chi connectivity index (χ0) is 9.97. The Morgan fingerprint density at radius 3 is 2.71 bits per heavy atom. The maximum absolute atomic E-state index is 10.5. The molecule has 1 saturated carbocycles. The van der Waals surface area contributed by atoms with Gasteiger partial charge in [0.1, 0.15) is 0 Å². The Morgan fingerprint density at radius 2 is 2.14 bits per heavy atom. The molecule has 0 saturated heterocycles. The molecule has 4 heteroatoms. The summed E-state index contributed by atoms with van der Waals surface area (Å²) < 4.78 is 1.90. The second kappa shape index (κ2) is 3.92. The van der Waals surface area contributed by atoms with Gasteiger partial charge in [-0.2, -0.15) is 5.10 Å². The number of rotatable bonds is 2. The third kappa shape index (κ3) is 1.85. The average Bonchev–Trinajstić information content (AvgIpc) is 2.67. The Hall–Kier alpha value is -1.16. The number of carbonyl (C=O) groups is 1. The first-order valence-corrected chi connectivity index (χ1v) is 5.04. The fourth-order valence-electron chi connectivity index (χ4n) is 1.98. The highest BCUT2D eigenvalue weighted by Gasteiger charge is 2.20. The van der Waals surface area contributed by atoms with Crippen LogP contribution in [-0.2, 0) is 0 Å². The number of nitrogens with two attached hydrogens (primary N) is 1. The molecule has 1 aromatic rings. The average molecular weight is 193 g/mol. The van der Waals surface area contributed by atoms with E-state index in [1.54, 1.807) is 6.20 Å². The van der Waals surface area contributed by atoms with Crippen molar-refractivity contribution in [3.05, 3.63) is 18.0 Å². The maximum atomic E-state index is 10.5. The molecular formula is C10H15N3O. The molecule has 0 amide bonds. The van der Waals surface area contributed by atoms with Gasteiger partial charge in [-0.1, -0.05) is 0 Å². The molecule has 0 atom stereocenters. The van der Waals surface area contributed by atoms with Gasteiger partial charge in [0.15, 0.2) is 6.29 Å². The van der Waals surface area contributed by atoms with Crippen LogP contribution in [0.2, 0.25) is 0 Å². The summed E-state index contributed by atoms with van der Waals surface area (Å²) in [7, 11) is 0. The van der Waals surface area contributed by atoms with Gasteiger partial charge < -0.3 is 5.73 Å². The van der Waals surface area contributed by atoms with Crippen LogP contribution >= 0.6 is 0 Å². The first kappa shape index (κ1) is 9.40. The maximum Gasteiger partial charge on any atom is 0.153 e. The zero-order valence-corrected chi connectivity index (χ0v) is 8.10. The second-order valence-electron chi connectivity index (χ2n) is 3.94. The Morgan fingerprint density at radius 1 is 1.43 bits per heavy atom. The summed E-state index contributed by atoms with van der Waals surface area (Å²) in [5.74, 6) is 0. The van der Waals surface area contributed by atoms with Crippen molar-refractivity contribution in [2.45, 2.75) is 37.8 Å². The SMILES string of the molecule is NC1CCC(n2cc(C=O)cn2)CC1. The lowest BCUT2D eigenvalue weighted by atomic mass is 9.92. The predicted molar refractivity (Wildman–Crippen MR) is 53.1 cm³/mol. The van der Waals surface area contributed by atoms with Crippen LogP contribution in [0.25, 0.3) is 0 Å². The predicted octanol–water partition coefficient (Wildman–Crippen LogP) is 1.14. The number of nitrogens with zero attached hydrogens (tertiary/aromatic N) is 2. The highest BCUT2D eigenvalue weighted by Crippen LogP contribution is 2.26. The fraction of sp³-hybridized carbons (Fsp3) is 0.600. The van der Waals surface area contributed by atoms with Crippen LogP contribution in [0.5, 0.6) is 0 Å². The van der Waals surface area contributed by atoms with Crippen LogP contribution in [0, 0.1) is 0 Å². The smallest absolute Gasteiger partial charge is 0.153 e. The summed E-state index contributed by atoms with van der Waals surface area (Å²) in [4.78, 5) is 10.5. The van der Waals surface area contributed by atoms with E-state index in [1.807, 2.05) is 10.9 Å². The molecule has 0 unspecified atom stereocenters. The van der Waals surface area contributed by atoms with E-state index in [9.17, 15) is 4.79 Å². The van der Waals surface area contributed by atoms with Gasteiger partial charge in [-0.05, 0) is 25.7 Å².